The van der Waals surface area contributed by atoms with Gasteiger partial charge in [-0.2, -0.15) is 0 Å². The van der Waals surface area contributed by atoms with E-state index in [9.17, 15) is 0 Å². The maximum Gasteiger partial charge on any atom is 0.177 e. The van der Waals surface area contributed by atoms with Crippen LogP contribution < -0.4 is 4.74 Å². The molecule has 11 rings (SSSR count). The summed E-state index contributed by atoms with van der Waals surface area (Å²) in [6.45, 7) is 0. The zero-order valence-corrected chi connectivity index (χ0v) is 31.1. The third kappa shape index (κ3) is 5.64. The van der Waals surface area contributed by atoms with Crippen molar-refractivity contribution in [2.24, 2.45) is 0 Å². The summed E-state index contributed by atoms with van der Waals surface area (Å²) in [7, 11) is 0. The van der Waals surface area contributed by atoms with E-state index in [-0.39, 0.29) is 17.9 Å². The van der Waals surface area contributed by atoms with Gasteiger partial charge in [0.2, 0.25) is 0 Å². The quantitative estimate of drug-likeness (QED) is 0.171. The fraction of sp³-hybridized carbons (Fsp3) is 0.111. The molecule has 0 saturated heterocycles. The molecule has 0 amide bonds. The van der Waals surface area contributed by atoms with Crippen LogP contribution in [0, 0.1) is 0 Å². The molecule has 7 aromatic carbocycles. The van der Waals surface area contributed by atoms with E-state index < -0.39 is 0 Å². The summed E-state index contributed by atoms with van der Waals surface area (Å²) in [6, 6.07) is 59.2. The van der Waals surface area contributed by atoms with Crippen LogP contribution in [0.25, 0.3) is 66.5 Å². The van der Waals surface area contributed by atoms with Crippen molar-refractivity contribution in [2.45, 2.75) is 37.2 Å². The van der Waals surface area contributed by atoms with E-state index in [1.54, 1.807) is 0 Å². The summed E-state index contributed by atoms with van der Waals surface area (Å²) in [4.78, 5) is 0. The van der Waals surface area contributed by atoms with Gasteiger partial charge in [-0.1, -0.05) is 170 Å². The minimum atomic E-state index is -0.0541. The van der Waals surface area contributed by atoms with Gasteiger partial charge in [0, 0.05) is 33.7 Å². The van der Waals surface area contributed by atoms with Gasteiger partial charge in [-0.15, -0.1) is 0 Å². The van der Waals surface area contributed by atoms with Gasteiger partial charge >= 0.3 is 0 Å². The number of para-hydroxylation sites is 1. The fourth-order valence-corrected chi connectivity index (χ4v) is 9.37. The lowest BCUT2D eigenvalue weighted by atomic mass is 9.80. The molecule has 1 aromatic heterocycles. The van der Waals surface area contributed by atoms with Crippen molar-refractivity contribution in [1.29, 1.82) is 0 Å². The Balaban J connectivity index is 0.905. The Morgan fingerprint density at radius 1 is 0.518 bits per heavy atom. The molecule has 2 aliphatic carbocycles. The van der Waals surface area contributed by atoms with E-state index in [0.29, 0.717) is 0 Å². The molecule has 2 heteroatoms. The van der Waals surface area contributed by atoms with Crippen LogP contribution >= 0.6 is 0 Å². The molecule has 8 aromatic rings. The van der Waals surface area contributed by atoms with Crippen LogP contribution in [0.15, 0.2) is 193 Å². The first-order valence-corrected chi connectivity index (χ1v) is 19.9. The molecular weight excluding hydrogens is 681 g/mol. The molecule has 268 valence electrons. The predicted molar refractivity (Wildman–Crippen MR) is 232 cm³/mol. The number of ether oxygens (including phenoxy) is 1. The molecule has 56 heavy (non-hydrogen) atoms. The summed E-state index contributed by atoms with van der Waals surface area (Å²) in [5.41, 5.74) is 16.7. The maximum absolute atomic E-state index is 7.06. The molecular formula is C54H40O2. The summed E-state index contributed by atoms with van der Waals surface area (Å²) in [6.07, 6.45) is 12.1. The summed E-state index contributed by atoms with van der Waals surface area (Å²) in [5.74, 6) is 1.48. The Morgan fingerprint density at radius 3 is 1.91 bits per heavy atom. The third-order valence-electron chi connectivity index (χ3n) is 12.2. The molecule has 3 aliphatic rings. The van der Waals surface area contributed by atoms with Crippen LogP contribution in [-0.4, -0.2) is 6.10 Å². The van der Waals surface area contributed by atoms with Crippen LogP contribution in [0.4, 0.5) is 0 Å². The number of rotatable bonds is 6. The van der Waals surface area contributed by atoms with Crippen LogP contribution in [0.1, 0.15) is 53.4 Å². The fourth-order valence-electron chi connectivity index (χ4n) is 9.37. The summed E-state index contributed by atoms with van der Waals surface area (Å²) in [5, 5.41) is 2.25. The molecule has 0 fully saturated rings. The first-order chi connectivity index (χ1) is 27.7. The topological polar surface area (TPSA) is 22.4 Å². The molecule has 3 unspecified atom stereocenters. The normalized spacial score (nSPS) is 18.6. The van der Waals surface area contributed by atoms with Gasteiger partial charge in [0.1, 0.15) is 11.7 Å². The smallest absolute Gasteiger partial charge is 0.177 e. The van der Waals surface area contributed by atoms with E-state index in [1.165, 1.54) is 61.2 Å². The van der Waals surface area contributed by atoms with Gasteiger partial charge in [-0.3, -0.25) is 0 Å². The predicted octanol–water partition coefficient (Wildman–Crippen LogP) is 14.4. The van der Waals surface area contributed by atoms with Gasteiger partial charge in [-0.25, -0.2) is 0 Å². The number of hydrogen-bond donors (Lipinski definition) is 0. The van der Waals surface area contributed by atoms with Crippen molar-refractivity contribution >= 4 is 33.1 Å². The van der Waals surface area contributed by atoms with Crippen molar-refractivity contribution in [1.82, 2.24) is 0 Å². The van der Waals surface area contributed by atoms with Crippen molar-refractivity contribution < 1.29 is 9.15 Å². The average Bonchev–Trinajstić information content (AvgIpc) is 3.86. The highest BCUT2D eigenvalue weighted by Crippen LogP contribution is 2.53. The summed E-state index contributed by atoms with van der Waals surface area (Å²) >= 11 is 0. The molecule has 1 aliphatic heterocycles. The Bertz CT molecular complexity index is 2870. The molecule has 0 spiro atoms. The number of hydrogen-bond acceptors (Lipinski definition) is 2. The molecule has 0 N–H and O–H groups in total. The number of furan rings is 1. The molecule has 3 atom stereocenters. The minimum absolute atomic E-state index is 0.0541. The van der Waals surface area contributed by atoms with Crippen LogP contribution in [0.2, 0.25) is 0 Å². The van der Waals surface area contributed by atoms with Gasteiger partial charge in [0.15, 0.2) is 11.3 Å². The minimum Gasteiger partial charge on any atom is -0.481 e. The number of allylic oxidation sites excluding steroid dienone is 5. The lowest BCUT2D eigenvalue weighted by molar-refractivity contribution is 0.254. The zero-order chi connectivity index (χ0) is 37.0. The SMILES string of the molecule is C1=CC(c2cccc(-c3ccccc3)c2)CC(c2cccc3c2oc2c4c(ccc23)C2CCC=C(c3cccc(-c5cccc(-c6ccccc6)c5)c3)C2O4)=C1. The van der Waals surface area contributed by atoms with E-state index in [0.717, 1.165) is 52.5 Å². The number of benzene rings is 7. The first kappa shape index (κ1) is 32.8. The Labute approximate surface area is 327 Å². The lowest BCUT2D eigenvalue weighted by Crippen LogP contribution is -2.23. The van der Waals surface area contributed by atoms with E-state index in [1.807, 2.05) is 0 Å². The van der Waals surface area contributed by atoms with Crippen molar-refractivity contribution in [3.63, 3.8) is 0 Å². The summed E-state index contributed by atoms with van der Waals surface area (Å²) < 4.78 is 14.0. The third-order valence-corrected chi connectivity index (χ3v) is 12.2. The monoisotopic (exact) mass is 720 g/mol. The second-order valence-electron chi connectivity index (χ2n) is 15.4. The van der Waals surface area contributed by atoms with Crippen molar-refractivity contribution in [3.05, 3.63) is 210 Å². The van der Waals surface area contributed by atoms with Gasteiger partial charge in [-0.05, 0) is 93.1 Å². The van der Waals surface area contributed by atoms with Crippen molar-refractivity contribution in [2.75, 3.05) is 0 Å². The Kier molecular flexibility index (Phi) is 7.95. The molecule has 0 saturated carbocycles. The van der Waals surface area contributed by atoms with Crippen molar-refractivity contribution in [3.8, 4) is 39.1 Å². The highest BCUT2D eigenvalue weighted by molar-refractivity contribution is 6.10. The van der Waals surface area contributed by atoms with Gasteiger partial charge in [0.25, 0.3) is 0 Å². The number of fused-ring (bicyclic) bond motifs is 7. The Morgan fingerprint density at radius 2 is 1.14 bits per heavy atom. The van der Waals surface area contributed by atoms with E-state index in [4.69, 9.17) is 9.15 Å². The Hall–Kier alpha value is -6.64. The van der Waals surface area contributed by atoms with E-state index >= 15 is 0 Å². The molecule has 0 radical (unpaired) electrons. The second-order valence-corrected chi connectivity index (χ2v) is 15.4. The van der Waals surface area contributed by atoms with Crippen LogP contribution in [-0.2, 0) is 0 Å². The van der Waals surface area contributed by atoms with Gasteiger partial charge < -0.3 is 9.15 Å². The van der Waals surface area contributed by atoms with Crippen LogP contribution in [0.3, 0.4) is 0 Å². The molecule has 2 nitrogen and oxygen atoms in total. The maximum atomic E-state index is 7.06. The first-order valence-electron chi connectivity index (χ1n) is 19.9. The zero-order valence-electron chi connectivity index (χ0n) is 31.1. The second kappa shape index (κ2) is 13.6. The highest BCUT2D eigenvalue weighted by atomic mass is 16.5. The lowest BCUT2D eigenvalue weighted by Gasteiger charge is -2.26. The van der Waals surface area contributed by atoms with Gasteiger partial charge in [0.05, 0.1) is 0 Å². The largest absolute Gasteiger partial charge is 0.481 e. The standard InChI is InChI=1S/C54H40O2/c1-3-13-35(14-4-1)37-17-7-19-39(31-37)41-21-9-23-43(33-41)45-25-11-27-47-49-29-30-50-48-28-12-26-46(52(48)56-54(50)53(49)55-51(45)47)44-24-10-22-42(34-44)40-20-8-18-38(32-40)36-15-5-2-6-16-36/h1-11,13-27,29-32,34,41,48,52H,12,28,33H2. The van der Waals surface area contributed by atoms with E-state index in [2.05, 4.69) is 188 Å². The average molecular weight is 721 g/mol. The molecule has 2 heterocycles. The highest BCUT2D eigenvalue weighted by Gasteiger charge is 2.41. The molecule has 0 bridgehead atoms. The van der Waals surface area contributed by atoms with Crippen LogP contribution in [0.5, 0.6) is 5.75 Å².